The molecule has 0 unspecified atom stereocenters. The highest BCUT2D eigenvalue weighted by Gasteiger charge is 2.21. The highest BCUT2D eigenvalue weighted by Crippen LogP contribution is 2.34. The smallest absolute Gasteiger partial charge is 0.399 e. The van der Waals surface area contributed by atoms with Gasteiger partial charge < -0.3 is 5.73 Å². The van der Waals surface area contributed by atoms with E-state index in [1.807, 2.05) is 0 Å². The van der Waals surface area contributed by atoms with Crippen molar-refractivity contribution in [1.82, 2.24) is 0 Å². The van der Waals surface area contributed by atoms with Crippen LogP contribution in [0.2, 0.25) is 0 Å². The second-order valence-corrected chi connectivity index (χ2v) is 10.6. The Balaban J connectivity index is 0.000000983. The van der Waals surface area contributed by atoms with Gasteiger partial charge in [-0.1, -0.05) is 12.1 Å². The number of rotatable bonds is 6. The van der Waals surface area contributed by atoms with Gasteiger partial charge in [-0.2, -0.15) is 37.3 Å². The number of hydrogen-bond acceptors (Lipinski definition) is 12. The number of fused-ring (bicyclic) bond motifs is 1. The van der Waals surface area contributed by atoms with Gasteiger partial charge in [-0.25, -0.2) is 0 Å². The van der Waals surface area contributed by atoms with Gasteiger partial charge in [0.2, 0.25) is 0 Å². The first kappa shape index (κ1) is 29.1. The van der Waals surface area contributed by atoms with Crippen LogP contribution in [0.15, 0.2) is 109 Å². The molecular weight excluding hydrogens is 574 g/mol. The van der Waals surface area contributed by atoms with Gasteiger partial charge in [-0.3, -0.25) is 9.11 Å². The van der Waals surface area contributed by atoms with Crippen LogP contribution >= 0.6 is 0 Å². The fourth-order valence-corrected chi connectivity index (χ4v) is 4.59. The predicted octanol–water partition coefficient (Wildman–Crippen LogP) is 4.74. The van der Waals surface area contributed by atoms with Gasteiger partial charge >= 0.3 is 10.6 Å². The first-order chi connectivity index (χ1) is 18.2. The topological polar surface area (TPSA) is 235 Å². The lowest BCUT2D eigenvalue weighted by Gasteiger charge is -2.08. The van der Waals surface area contributed by atoms with Crippen LogP contribution in [0.3, 0.4) is 0 Å². The van der Waals surface area contributed by atoms with Crippen LogP contribution in [-0.2, 0) is 30.8 Å². The van der Waals surface area contributed by atoms with Crippen molar-refractivity contribution in [3.8, 4) is 0 Å². The van der Waals surface area contributed by atoms with Crippen molar-refractivity contribution in [3.63, 3.8) is 0 Å². The Hall–Kier alpha value is -4.42. The molecule has 0 aliphatic carbocycles. The molecule has 0 bridgehead atoms. The van der Waals surface area contributed by atoms with Crippen molar-refractivity contribution < 1.29 is 38.6 Å². The van der Waals surface area contributed by atoms with E-state index < -0.39 is 40.6 Å². The molecule has 4 N–H and O–H groups in total. The molecule has 202 valence electrons. The molecule has 0 aliphatic rings. The minimum absolute atomic E-state index is 0.0617. The molecule has 0 heterocycles. The Labute approximate surface area is 223 Å². The first-order valence-corrected chi connectivity index (χ1v) is 14.2. The van der Waals surface area contributed by atoms with Crippen LogP contribution in [0.4, 0.5) is 28.4 Å². The SMILES string of the molecule is Nc1ccc(N=Nc2ccc(N=Nc3cc(S(=O)(=O)O)c4cccc(S(=O)(=O)O)c4c3)cc2)cc1.O=S(=O)=O. The van der Waals surface area contributed by atoms with Gasteiger partial charge in [0.25, 0.3) is 20.2 Å². The molecule has 0 atom stereocenters. The third-order valence-electron chi connectivity index (χ3n) is 4.76. The molecule has 17 heteroatoms. The summed E-state index contributed by atoms with van der Waals surface area (Å²) >= 11 is 0. The molecule has 4 aromatic rings. The largest absolute Gasteiger partial charge is 0.425 e. The zero-order chi connectivity index (χ0) is 28.8. The summed E-state index contributed by atoms with van der Waals surface area (Å²) in [5.41, 5.74) is 7.73. The molecule has 4 rings (SSSR count). The van der Waals surface area contributed by atoms with E-state index in [1.165, 1.54) is 18.2 Å². The average molecular weight is 592 g/mol. The molecule has 14 nitrogen and oxygen atoms in total. The molecule has 0 aliphatic heterocycles. The molecule has 0 radical (unpaired) electrons. The van der Waals surface area contributed by atoms with Crippen molar-refractivity contribution in [2.24, 2.45) is 20.5 Å². The Morgan fingerprint density at radius 3 is 1.41 bits per heavy atom. The van der Waals surface area contributed by atoms with E-state index in [9.17, 15) is 25.9 Å². The normalized spacial score (nSPS) is 11.9. The number of nitrogens with two attached hydrogens (primary N) is 1. The standard InChI is InChI=1S/C22H17N5O6S2.O3S/c23-14-4-6-15(7-5-14)24-25-16-8-10-17(11-9-16)26-27-18-12-20-19(22(13-18)35(31,32)33)2-1-3-21(20)34(28,29)30;1-4(2)3/h1-13H,23H2,(H,28,29,30)(H,31,32,33);. The first-order valence-electron chi connectivity index (χ1n) is 10.3. The lowest BCUT2D eigenvalue weighted by Crippen LogP contribution is -2.03. The summed E-state index contributed by atoms with van der Waals surface area (Å²) in [6, 6.07) is 19.2. The molecule has 0 fully saturated rings. The maximum absolute atomic E-state index is 11.9. The van der Waals surface area contributed by atoms with Gasteiger partial charge in [-0.05, 0) is 66.7 Å². The monoisotopic (exact) mass is 591 g/mol. The molecule has 0 amide bonds. The summed E-state index contributed by atoms with van der Waals surface area (Å²) < 4.78 is 91.8. The third kappa shape index (κ3) is 8.28. The molecule has 39 heavy (non-hydrogen) atoms. The quantitative estimate of drug-likeness (QED) is 0.158. The Morgan fingerprint density at radius 1 is 0.564 bits per heavy atom. The van der Waals surface area contributed by atoms with E-state index in [0.29, 0.717) is 22.7 Å². The molecular formula is C22H17N5O9S3. The maximum atomic E-state index is 11.9. The average Bonchev–Trinajstić information content (AvgIpc) is 2.85. The molecule has 0 saturated carbocycles. The number of benzene rings is 4. The van der Waals surface area contributed by atoms with Crippen LogP contribution in [0.5, 0.6) is 0 Å². The van der Waals surface area contributed by atoms with Crippen molar-refractivity contribution in [3.05, 3.63) is 78.9 Å². The highest BCUT2D eigenvalue weighted by atomic mass is 32.2. The summed E-state index contributed by atoms with van der Waals surface area (Å²) in [6.07, 6.45) is 0. The fourth-order valence-electron chi connectivity index (χ4n) is 3.16. The number of anilines is 1. The minimum Gasteiger partial charge on any atom is -0.399 e. The minimum atomic E-state index is -4.74. The number of azo groups is 2. The number of hydrogen-bond donors (Lipinski definition) is 3. The summed E-state index contributed by atoms with van der Waals surface area (Å²) in [4.78, 5) is -1.11. The van der Waals surface area contributed by atoms with Crippen LogP contribution < -0.4 is 5.73 Å². The second kappa shape index (κ2) is 12.0. The number of nitrogen functional groups attached to an aromatic ring is 1. The van der Waals surface area contributed by atoms with Crippen LogP contribution in [0, 0.1) is 0 Å². The summed E-state index contributed by atoms with van der Waals surface area (Å²) in [5.74, 6) is 0. The Morgan fingerprint density at radius 2 is 0.974 bits per heavy atom. The zero-order valence-electron chi connectivity index (χ0n) is 19.3. The molecule has 4 aromatic carbocycles. The van der Waals surface area contributed by atoms with Crippen molar-refractivity contribution in [2.75, 3.05) is 5.73 Å². The van der Waals surface area contributed by atoms with Crippen molar-refractivity contribution in [2.45, 2.75) is 9.79 Å². The lowest BCUT2D eigenvalue weighted by atomic mass is 10.1. The van der Waals surface area contributed by atoms with Crippen molar-refractivity contribution in [1.29, 1.82) is 0 Å². The van der Waals surface area contributed by atoms with E-state index >= 15 is 0 Å². The van der Waals surface area contributed by atoms with Crippen LogP contribution in [0.1, 0.15) is 0 Å². The Kier molecular flexibility index (Phi) is 8.94. The molecule has 0 saturated heterocycles. The zero-order valence-corrected chi connectivity index (χ0v) is 21.8. The van der Waals surface area contributed by atoms with E-state index in [-0.39, 0.29) is 16.5 Å². The van der Waals surface area contributed by atoms with Crippen LogP contribution in [-0.4, -0.2) is 38.6 Å². The highest BCUT2D eigenvalue weighted by molar-refractivity contribution is 7.86. The molecule has 0 spiro atoms. The summed E-state index contributed by atoms with van der Waals surface area (Å²) in [5, 5.41) is 15.9. The second-order valence-electron chi connectivity index (χ2n) is 7.46. The van der Waals surface area contributed by atoms with E-state index in [2.05, 4.69) is 20.5 Å². The maximum Gasteiger partial charge on any atom is 0.425 e. The van der Waals surface area contributed by atoms with Gasteiger partial charge in [-0.15, -0.1) is 12.6 Å². The van der Waals surface area contributed by atoms with Crippen molar-refractivity contribution >= 4 is 70.1 Å². The Bertz CT molecular complexity index is 1900. The van der Waals surface area contributed by atoms with Crippen LogP contribution in [0.25, 0.3) is 10.8 Å². The van der Waals surface area contributed by atoms with Gasteiger partial charge in [0.15, 0.2) is 0 Å². The fraction of sp³-hybridized carbons (Fsp3) is 0. The lowest BCUT2D eigenvalue weighted by molar-refractivity contribution is 0.481. The summed E-state index contributed by atoms with van der Waals surface area (Å²) in [6.45, 7) is 0. The van der Waals surface area contributed by atoms with Gasteiger partial charge in [0.05, 0.1) is 22.7 Å². The van der Waals surface area contributed by atoms with E-state index in [0.717, 1.165) is 12.1 Å². The van der Waals surface area contributed by atoms with E-state index in [1.54, 1.807) is 48.5 Å². The number of nitrogens with zero attached hydrogens (tertiary/aromatic N) is 4. The molecule has 0 aromatic heterocycles. The predicted molar refractivity (Wildman–Crippen MR) is 139 cm³/mol. The van der Waals surface area contributed by atoms with E-state index in [4.69, 9.17) is 18.4 Å². The van der Waals surface area contributed by atoms with Gasteiger partial charge in [0.1, 0.15) is 9.79 Å². The third-order valence-corrected chi connectivity index (χ3v) is 6.57. The summed E-state index contributed by atoms with van der Waals surface area (Å²) in [7, 11) is -12.5. The van der Waals surface area contributed by atoms with Gasteiger partial charge in [0, 0.05) is 16.5 Å².